The van der Waals surface area contributed by atoms with Crippen molar-refractivity contribution in [2.45, 2.75) is 51.9 Å². The van der Waals surface area contributed by atoms with Crippen LogP contribution < -0.4 is 5.32 Å². The van der Waals surface area contributed by atoms with Crippen LogP contribution in [0.4, 0.5) is 0 Å². The van der Waals surface area contributed by atoms with Gasteiger partial charge in [-0.05, 0) is 12.8 Å². The van der Waals surface area contributed by atoms with Gasteiger partial charge in [-0.15, -0.1) is 11.3 Å². The number of carboxylic acids is 1. The Balaban J connectivity index is 2.15. The number of amides is 1. The van der Waals surface area contributed by atoms with Gasteiger partial charge in [0.25, 0.3) is 5.91 Å². The highest BCUT2D eigenvalue weighted by Crippen LogP contribution is 2.18. The molecule has 0 unspecified atom stereocenters. The predicted molar refractivity (Wildman–Crippen MR) is 79.3 cm³/mol. The standard InChI is InChI=1S/C14H22N2O3S/c1-10(2)14-16-11(9-20-14)13(19)15-8-6-4-3-5-7-12(17)18/h9-10H,3-8H2,1-2H3,(H,15,19)(H,17,18). The first kappa shape index (κ1) is 16.6. The molecule has 0 saturated carbocycles. The third-order valence-electron chi connectivity index (χ3n) is 2.85. The second-order valence-corrected chi connectivity index (χ2v) is 5.93. The van der Waals surface area contributed by atoms with Gasteiger partial charge >= 0.3 is 5.97 Å². The third kappa shape index (κ3) is 6.14. The van der Waals surface area contributed by atoms with Crippen molar-refractivity contribution in [1.29, 1.82) is 0 Å². The summed E-state index contributed by atoms with van der Waals surface area (Å²) in [6, 6.07) is 0. The van der Waals surface area contributed by atoms with Crippen LogP contribution in [0.5, 0.6) is 0 Å². The summed E-state index contributed by atoms with van der Waals surface area (Å²) in [4.78, 5) is 26.4. The second kappa shape index (κ2) is 8.68. The lowest BCUT2D eigenvalue weighted by Crippen LogP contribution is -2.24. The number of aromatic nitrogens is 1. The molecule has 1 aromatic heterocycles. The van der Waals surface area contributed by atoms with E-state index in [2.05, 4.69) is 24.1 Å². The smallest absolute Gasteiger partial charge is 0.303 e. The van der Waals surface area contributed by atoms with E-state index in [9.17, 15) is 9.59 Å². The first-order chi connectivity index (χ1) is 9.50. The van der Waals surface area contributed by atoms with Gasteiger partial charge in [-0.1, -0.05) is 26.7 Å². The highest BCUT2D eigenvalue weighted by molar-refractivity contribution is 7.09. The summed E-state index contributed by atoms with van der Waals surface area (Å²) in [6.07, 6.45) is 3.61. The van der Waals surface area contributed by atoms with Crippen LogP contribution in [0.2, 0.25) is 0 Å². The van der Waals surface area contributed by atoms with Gasteiger partial charge in [0.05, 0.1) is 5.01 Å². The Hall–Kier alpha value is -1.43. The lowest BCUT2D eigenvalue weighted by Gasteiger charge is -2.03. The van der Waals surface area contributed by atoms with Gasteiger partial charge < -0.3 is 10.4 Å². The number of rotatable bonds is 9. The van der Waals surface area contributed by atoms with Crippen molar-refractivity contribution in [3.8, 4) is 0 Å². The predicted octanol–water partition coefficient (Wildman–Crippen LogP) is 3.03. The summed E-state index contributed by atoms with van der Waals surface area (Å²) in [5.41, 5.74) is 0.490. The average molecular weight is 298 g/mol. The van der Waals surface area contributed by atoms with Crippen LogP contribution in [0.3, 0.4) is 0 Å². The van der Waals surface area contributed by atoms with Crippen molar-refractivity contribution in [3.63, 3.8) is 0 Å². The normalized spacial score (nSPS) is 10.8. The number of carboxylic acid groups (broad SMARTS) is 1. The van der Waals surface area contributed by atoms with Crippen LogP contribution in [-0.2, 0) is 4.79 Å². The number of thiazole rings is 1. The summed E-state index contributed by atoms with van der Waals surface area (Å²) in [5, 5.41) is 14.1. The van der Waals surface area contributed by atoms with Gasteiger partial charge in [0.15, 0.2) is 0 Å². The molecule has 1 rings (SSSR count). The van der Waals surface area contributed by atoms with Crippen molar-refractivity contribution in [2.24, 2.45) is 0 Å². The van der Waals surface area contributed by atoms with Gasteiger partial charge in [0.1, 0.15) is 5.69 Å². The summed E-state index contributed by atoms with van der Waals surface area (Å²) in [5.74, 6) is -0.530. The number of carbonyl (C=O) groups excluding carboxylic acids is 1. The zero-order valence-corrected chi connectivity index (χ0v) is 12.8. The Morgan fingerprint density at radius 1 is 1.30 bits per heavy atom. The minimum Gasteiger partial charge on any atom is -0.481 e. The highest BCUT2D eigenvalue weighted by Gasteiger charge is 2.11. The SMILES string of the molecule is CC(C)c1nc(C(=O)NCCCCCCC(=O)O)cs1. The Kier molecular flexibility index (Phi) is 7.22. The molecule has 2 N–H and O–H groups in total. The minimum atomic E-state index is -0.747. The summed E-state index contributed by atoms with van der Waals surface area (Å²) in [6.45, 7) is 4.72. The minimum absolute atomic E-state index is 0.126. The van der Waals surface area contributed by atoms with E-state index in [0.29, 0.717) is 24.6 Å². The molecule has 0 saturated heterocycles. The first-order valence-corrected chi connectivity index (χ1v) is 7.84. The van der Waals surface area contributed by atoms with E-state index in [4.69, 9.17) is 5.11 Å². The van der Waals surface area contributed by atoms with E-state index in [1.807, 2.05) is 0 Å². The molecule has 0 aliphatic heterocycles. The first-order valence-electron chi connectivity index (χ1n) is 6.96. The molecule has 0 aromatic carbocycles. The van der Waals surface area contributed by atoms with Crippen LogP contribution in [0.15, 0.2) is 5.38 Å². The molecular formula is C14H22N2O3S. The van der Waals surface area contributed by atoms with E-state index < -0.39 is 5.97 Å². The van der Waals surface area contributed by atoms with Gasteiger partial charge in [-0.25, -0.2) is 4.98 Å². The monoisotopic (exact) mass is 298 g/mol. The third-order valence-corrected chi connectivity index (χ3v) is 4.00. The van der Waals surface area contributed by atoms with E-state index in [0.717, 1.165) is 24.3 Å². The molecule has 5 nitrogen and oxygen atoms in total. The van der Waals surface area contributed by atoms with Gasteiger partial charge in [-0.2, -0.15) is 0 Å². The Bertz CT molecular complexity index is 443. The quantitative estimate of drug-likeness (QED) is 0.687. The fraction of sp³-hybridized carbons (Fsp3) is 0.643. The molecule has 0 aliphatic rings. The van der Waals surface area contributed by atoms with E-state index >= 15 is 0 Å². The Labute approximate surface area is 123 Å². The number of hydrogen-bond acceptors (Lipinski definition) is 4. The maximum atomic E-state index is 11.8. The van der Waals surface area contributed by atoms with Crippen LogP contribution >= 0.6 is 11.3 Å². The number of hydrogen-bond donors (Lipinski definition) is 2. The number of unbranched alkanes of at least 4 members (excludes halogenated alkanes) is 3. The van der Waals surface area contributed by atoms with Crippen molar-refractivity contribution in [3.05, 3.63) is 16.1 Å². The molecule has 20 heavy (non-hydrogen) atoms. The van der Waals surface area contributed by atoms with Crippen molar-refractivity contribution in [2.75, 3.05) is 6.54 Å². The van der Waals surface area contributed by atoms with E-state index in [-0.39, 0.29) is 12.3 Å². The molecule has 0 spiro atoms. The zero-order chi connectivity index (χ0) is 15.0. The maximum Gasteiger partial charge on any atom is 0.303 e. The topological polar surface area (TPSA) is 79.3 Å². The van der Waals surface area contributed by atoms with E-state index in [1.54, 1.807) is 5.38 Å². The Morgan fingerprint density at radius 3 is 2.60 bits per heavy atom. The molecule has 0 radical (unpaired) electrons. The number of carbonyl (C=O) groups is 2. The van der Waals surface area contributed by atoms with Crippen LogP contribution in [0.1, 0.15) is 67.4 Å². The van der Waals surface area contributed by atoms with E-state index in [1.165, 1.54) is 11.3 Å². The molecule has 1 heterocycles. The van der Waals surface area contributed by atoms with Crippen LogP contribution in [-0.4, -0.2) is 28.5 Å². The van der Waals surface area contributed by atoms with Crippen LogP contribution in [0, 0.1) is 0 Å². The number of nitrogens with zero attached hydrogens (tertiary/aromatic N) is 1. The average Bonchev–Trinajstić information content (AvgIpc) is 2.86. The lowest BCUT2D eigenvalue weighted by atomic mass is 10.1. The molecule has 1 amide bonds. The molecular weight excluding hydrogens is 276 g/mol. The molecule has 0 bridgehead atoms. The summed E-state index contributed by atoms with van der Waals surface area (Å²) in [7, 11) is 0. The fourth-order valence-corrected chi connectivity index (χ4v) is 2.52. The molecule has 0 atom stereocenters. The number of nitrogens with one attached hydrogen (secondary N) is 1. The summed E-state index contributed by atoms with van der Waals surface area (Å²) >= 11 is 1.51. The highest BCUT2D eigenvalue weighted by atomic mass is 32.1. The zero-order valence-electron chi connectivity index (χ0n) is 12.0. The number of aliphatic carboxylic acids is 1. The largest absolute Gasteiger partial charge is 0.481 e. The second-order valence-electron chi connectivity index (χ2n) is 5.04. The van der Waals surface area contributed by atoms with Crippen LogP contribution in [0.25, 0.3) is 0 Å². The van der Waals surface area contributed by atoms with Gasteiger partial charge in [0.2, 0.25) is 0 Å². The fourth-order valence-electron chi connectivity index (χ4n) is 1.70. The molecule has 6 heteroatoms. The lowest BCUT2D eigenvalue weighted by molar-refractivity contribution is -0.137. The van der Waals surface area contributed by atoms with Gasteiger partial charge in [0, 0.05) is 24.3 Å². The van der Waals surface area contributed by atoms with Crippen molar-refractivity contribution < 1.29 is 14.7 Å². The summed E-state index contributed by atoms with van der Waals surface area (Å²) < 4.78 is 0. The molecule has 112 valence electrons. The maximum absolute atomic E-state index is 11.8. The van der Waals surface area contributed by atoms with Gasteiger partial charge in [-0.3, -0.25) is 9.59 Å². The molecule has 1 aromatic rings. The molecule has 0 aliphatic carbocycles. The molecule has 0 fully saturated rings. The van der Waals surface area contributed by atoms with Crippen molar-refractivity contribution in [1.82, 2.24) is 10.3 Å². The Morgan fingerprint density at radius 2 is 2.00 bits per heavy atom. The van der Waals surface area contributed by atoms with Crippen molar-refractivity contribution >= 4 is 23.2 Å².